The van der Waals surface area contributed by atoms with E-state index in [-0.39, 0.29) is 5.76 Å². The van der Waals surface area contributed by atoms with Crippen molar-refractivity contribution in [3.05, 3.63) is 99.2 Å². The number of nitrogens with one attached hydrogen (secondary N) is 1. The molecular weight excluding hydrogens is 468 g/mol. The van der Waals surface area contributed by atoms with Crippen molar-refractivity contribution in [3.63, 3.8) is 0 Å². The monoisotopic (exact) mass is 482 g/mol. The first-order valence-corrected chi connectivity index (χ1v) is 10.2. The molecule has 4 rings (SSSR count). The number of amides is 1. The highest BCUT2D eigenvalue weighted by molar-refractivity contribution is 9.10. The van der Waals surface area contributed by atoms with E-state index in [1.165, 1.54) is 0 Å². The third kappa shape index (κ3) is 4.72. The van der Waals surface area contributed by atoms with Crippen LogP contribution in [-0.4, -0.2) is 12.1 Å². The highest BCUT2D eigenvalue weighted by Crippen LogP contribution is 2.27. The summed E-state index contributed by atoms with van der Waals surface area (Å²) in [5, 5.41) is 5.53. The van der Waals surface area contributed by atoms with Gasteiger partial charge in [-0.25, -0.2) is 5.43 Å². The van der Waals surface area contributed by atoms with Gasteiger partial charge in [0.15, 0.2) is 5.76 Å². The molecular formula is C23H16BrClN2O3. The molecule has 150 valence electrons. The summed E-state index contributed by atoms with van der Waals surface area (Å²) >= 11 is 9.65. The minimum atomic E-state index is -0.416. The number of para-hydroxylation sites is 1. The number of benzene rings is 3. The molecule has 0 aliphatic heterocycles. The van der Waals surface area contributed by atoms with Crippen LogP contribution < -0.4 is 10.2 Å². The zero-order valence-corrected chi connectivity index (χ0v) is 18.0. The molecule has 1 aromatic heterocycles. The first-order chi connectivity index (χ1) is 14.6. The fourth-order valence-corrected chi connectivity index (χ4v) is 3.50. The van der Waals surface area contributed by atoms with E-state index < -0.39 is 5.91 Å². The molecule has 7 heteroatoms. The Bertz CT molecular complexity index is 1200. The molecule has 0 fully saturated rings. The minimum Gasteiger partial charge on any atom is -0.488 e. The molecule has 0 unspecified atom stereocenters. The lowest BCUT2D eigenvalue weighted by molar-refractivity contribution is 0.0929. The predicted octanol–water partition coefficient (Wildman–Crippen LogP) is 6.19. The number of ether oxygens (including phenoxy) is 1. The molecule has 0 atom stereocenters. The van der Waals surface area contributed by atoms with Crippen LogP contribution in [0.4, 0.5) is 0 Å². The van der Waals surface area contributed by atoms with Crippen LogP contribution >= 0.6 is 27.5 Å². The van der Waals surface area contributed by atoms with E-state index in [4.69, 9.17) is 20.8 Å². The van der Waals surface area contributed by atoms with Gasteiger partial charge in [0, 0.05) is 16.0 Å². The van der Waals surface area contributed by atoms with Gasteiger partial charge in [0.05, 0.1) is 10.7 Å². The lowest BCUT2D eigenvalue weighted by atomic mass is 10.2. The maximum Gasteiger partial charge on any atom is 0.307 e. The number of carbonyl (C=O) groups excluding carboxylic acids is 1. The number of rotatable bonds is 6. The molecule has 0 spiro atoms. The number of furan rings is 1. The van der Waals surface area contributed by atoms with Gasteiger partial charge in [-0.1, -0.05) is 48.0 Å². The highest BCUT2D eigenvalue weighted by atomic mass is 79.9. The minimum absolute atomic E-state index is 0.206. The van der Waals surface area contributed by atoms with E-state index in [0.29, 0.717) is 23.0 Å². The van der Waals surface area contributed by atoms with Gasteiger partial charge >= 0.3 is 5.91 Å². The molecule has 0 aliphatic carbocycles. The summed E-state index contributed by atoms with van der Waals surface area (Å²) in [5.74, 6) is 0.470. The average molecular weight is 484 g/mol. The first kappa shape index (κ1) is 20.2. The molecule has 3 aromatic carbocycles. The summed E-state index contributed by atoms with van der Waals surface area (Å²) in [6, 6.07) is 22.2. The smallest absolute Gasteiger partial charge is 0.307 e. The van der Waals surface area contributed by atoms with E-state index >= 15 is 0 Å². The van der Waals surface area contributed by atoms with Gasteiger partial charge in [-0.05, 0) is 57.9 Å². The van der Waals surface area contributed by atoms with E-state index in [1.54, 1.807) is 12.3 Å². The van der Waals surface area contributed by atoms with Crippen LogP contribution in [0.25, 0.3) is 11.0 Å². The Morgan fingerprint density at radius 2 is 1.90 bits per heavy atom. The van der Waals surface area contributed by atoms with Crippen LogP contribution in [0.2, 0.25) is 5.02 Å². The number of fused-ring (bicyclic) bond motifs is 1. The molecule has 0 saturated carbocycles. The Kier molecular flexibility index (Phi) is 6.16. The van der Waals surface area contributed by atoms with Crippen molar-refractivity contribution in [3.8, 4) is 5.75 Å². The molecule has 0 aliphatic rings. The van der Waals surface area contributed by atoms with Crippen LogP contribution in [0, 0.1) is 0 Å². The number of carbonyl (C=O) groups is 1. The topological polar surface area (TPSA) is 63.8 Å². The highest BCUT2D eigenvalue weighted by Gasteiger charge is 2.11. The lowest BCUT2D eigenvalue weighted by Gasteiger charge is -2.10. The molecule has 0 radical (unpaired) electrons. The third-order valence-electron chi connectivity index (χ3n) is 4.33. The second-order valence-electron chi connectivity index (χ2n) is 6.42. The summed E-state index contributed by atoms with van der Waals surface area (Å²) in [5.41, 5.74) is 4.82. The number of nitrogens with zero attached hydrogens (tertiary/aromatic N) is 1. The Morgan fingerprint density at radius 3 is 2.70 bits per heavy atom. The van der Waals surface area contributed by atoms with Gasteiger partial charge in [-0.2, -0.15) is 5.10 Å². The second kappa shape index (κ2) is 9.15. The van der Waals surface area contributed by atoms with Crippen LogP contribution in [0.15, 0.2) is 86.8 Å². The van der Waals surface area contributed by atoms with E-state index in [2.05, 4.69) is 26.5 Å². The van der Waals surface area contributed by atoms with Crippen LogP contribution in [0.5, 0.6) is 5.75 Å². The largest absolute Gasteiger partial charge is 0.488 e. The molecule has 1 heterocycles. The molecule has 0 saturated heterocycles. The zero-order valence-electron chi connectivity index (χ0n) is 15.6. The van der Waals surface area contributed by atoms with Gasteiger partial charge in [0.1, 0.15) is 17.9 Å². The van der Waals surface area contributed by atoms with Crippen molar-refractivity contribution in [1.29, 1.82) is 0 Å². The molecule has 1 amide bonds. The van der Waals surface area contributed by atoms with E-state index in [1.807, 2.05) is 66.7 Å². The van der Waals surface area contributed by atoms with Crippen LogP contribution in [0.3, 0.4) is 0 Å². The summed E-state index contributed by atoms with van der Waals surface area (Å²) < 4.78 is 12.1. The van der Waals surface area contributed by atoms with Crippen molar-refractivity contribution in [2.45, 2.75) is 6.61 Å². The standard InChI is InChI=1S/C23H16BrClN2O3/c24-18-11-15(9-10-21(18)29-14-17-6-1-3-7-19(17)25)13-26-27-23(28)22-12-16-5-2-4-8-20(16)30-22/h1-13H,14H2,(H,27,28)/b26-13+. The number of hydrogen-bond donors (Lipinski definition) is 1. The predicted molar refractivity (Wildman–Crippen MR) is 121 cm³/mol. The summed E-state index contributed by atoms with van der Waals surface area (Å²) in [6.45, 7) is 0.360. The number of hydrogen-bond acceptors (Lipinski definition) is 4. The van der Waals surface area contributed by atoms with Crippen molar-refractivity contribution < 1.29 is 13.9 Å². The average Bonchev–Trinajstić information content (AvgIpc) is 3.19. The van der Waals surface area contributed by atoms with Crippen molar-refractivity contribution in [2.75, 3.05) is 0 Å². The van der Waals surface area contributed by atoms with Gasteiger partial charge in [0.25, 0.3) is 0 Å². The van der Waals surface area contributed by atoms with Crippen LogP contribution in [-0.2, 0) is 6.61 Å². The van der Waals surface area contributed by atoms with Gasteiger partial charge in [0.2, 0.25) is 0 Å². The normalized spacial score (nSPS) is 11.1. The Morgan fingerprint density at radius 1 is 1.10 bits per heavy atom. The third-order valence-corrected chi connectivity index (χ3v) is 5.31. The zero-order chi connectivity index (χ0) is 20.9. The van der Waals surface area contributed by atoms with Gasteiger partial charge < -0.3 is 9.15 Å². The fourth-order valence-electron chi connectivity index (χ4n) is 2.80. The maximum absolute atomic E-state index is 12.2. The van der Waals surface area contributed by atoms with Crippen molar-refractivity contribution in [1.82, 2.24) is 5.43 Å². The Balaban J connectivity index is 1.37. The van der Waals surface area contributed by atoms with Gasteiger partial charge in [-0.15, -0.1) is 0 Å². The van der Waals surface area contributed by atoms with Gasteiger partial charge in [-0.3, -0.25) is 4.79 Å². The van der Waals surface area contributed by atoms with Crippen LogP contribution in [0.1, 0.15) is 21.7 Å². The molecule has 5 nitrogen and oxygen atoms in total. The molecule has 1 N–H and O–H groups in total. The quantitative estimate of drug-likeness (QED) is 0.263. The van der Waals surface area contributed by atoms with Crippen molar-refractivity contribution >= 4 is 50.6 Å². The number of halogens is 2. The molecule has 4 aromatic rings. The molecule has 30 heavy (non-hydrogen) atoms. The first-order valence-electron chi connectivity index (χ1n) is 9.08. The lowest BCUT2D eigenvalue weighted by Crippen LogP contribution is -2.16. The SMILES string of the molecule is O=C(N/N=C/c1ccc(OCc2ccccc2Cl)c(Br)c1)c1cc2ccccc2o1. The summed E-state index contributed by atoms with van der Waals surface area (Å²) in [6.07, 6.45) is 1.54. The number of hydrazone groups is 1. The summed E-state index contributed by atoms with van der Waals surface area (Å²) in [4.78, 5) is 12.2. The van der Waals surface area contributed by atoms with E-state index in [0.717, 1.165) is 21.0 Å². The van der Waals surface area contributed by atoms with Crippen molar-refractivity contribution in [2.24, 2.45) is 5.10 Å². The maximum atomic E-state index is 12.2. The van der Waals surface area contributed by atoms with E-state index in [9.17, 15) is 4.79 Å². The summed E-state index contributed by atoms with van der Waals surface area (Å²) in [7, 11) is 0. The molecule has 0 bridgehead atoms. The fraction of sp³-hybridized carbons (Fsp3) is 0.0435. The second-order valence-corrected chi connectivity index (χ2v) is 7.68. The Hall–Kier alpha value is -3.09. The Labute approximate surface area is 186 Å².